The minimum atomic E-state index is -1.59. The number of carbonyl (C=O) groups excluding carboxylic acids is 1. The summed E-state index contributed by atoms with van der Waals surface area (Å²) in [5, 5.41) is 5.24. The Morgan fingerprint density at radius 1 is 1.17 bits per heavy atom. The summed E-state index contributed by atoms with van der Waals surface area (Å²) in [5.41, 5.74) is 0.282. The highest BCUT2D eigenvalue weighted by Gasteiger charge is 2.25. The molecule has 0 saturated heterocycles. The second kappa shape index (κ2) is 5.86. The number of anilines is 2. The summed E-state index contributed by atoms with van der Waals surface area (Å²) in [6, 6.07) is 3.48. The largest absolute Gasteiger partial charge is 0.348 e. The molecule has 0 unspecified atom stereocenters. The van der Waals surface area contributed by atoms with Gasteiger partial charge in [-0.15, -0.1) is 0 Å². The van der Waals surface area contributed by atoms with Gasteiger partial charge in [0, 0.05) is 11.7 Å². The van der Waals surface area contributed by atoms with Crippen molar-refractivity contribution < 1.29 is 18.0 Å². The van der Waals surface area contributed by atoms with Crippen molar-refractivity contribution in [1.29, 1.82) is 0 Å². The Morgan fingerprint density at radius 3 is 2.61 bits per heavy atom. The number of aromatic nitrogens is 2. The molecule has 1 aromatic carbocycles. The quantitative estimate of drug-likeness (QED) is 0.850. The van der Waals surface area contributed by atoms with Gasteiger partial charge in [0.15, 0.2) is 17.5 Å². The third-order valence-electron chi connectivity index (χ3n) is 3.28. The smallest absolute Gasteiger partial charge is 0.270 e. The molecular formula is C15H13F3N4O. The zero-order chi connectivity index (χ0) is 16.6. The monoisotopic (exact) mass is 322 g/mol. The van der Waals surface area contributed by atoms with Gasteiger partial charge in [0.2, 0.25) is 5.95 Å². The number of benzene rings is 1. The van der Waals surface area contributed by atoms with E-state index in [0.29, 0.717) is 5.69 Å². The maximum absolute atomic E-state index is 13.7. The van der Waals surface area contributed by atoms with Crippen LogP contribution in [0, 0.1) is 24.4 Å². The molecule has 0 spiro atoms. The molecule has 23 heavy (non-hydrogen) atoms. The van der Waals surface area contributed by atoms with Crippen molar-refractivity contribution in [2.24, 2.45) is 0 Å². The lowest BCUT2D eigenvalue weighted by atomic mass is 10.3. The van der Waals surface area contributed by atoms with Crippen LogP contribution in [0.1, 0.15) is 29.0 Å². The predicted octanol–water partition coefficient (Wildman–Crippen LogP) is 2.84. The highest BCUT2D eigenvalue weighted by atomic mass is 19.2. The van der Waals surface area contributed by atoms with Crippen LogP contribution in [-0.2, 0) is 0 Å². The van der Waals surface area contributed by atoms with Crippen molar-refractivity contribution in [3.8, 4) is 0 Å². The fraction of sp³-hybridized carbons (Fsp3) is 0.267. The van der Waals surface area contributed by atoms with Crippen LogP contribution in [0.15, 0.2) is 18.2 Å². The average Bonchev–Trinajstić information content (AvgIpc) is 3.31. The van der Waals surface area contributed by atoms with Crippen LogP contribution in [0.3, 0.4) is 0 Å². The summed E-state index contributed by atoms with van der Waals surface area (Å²) >= 11 is 0. The van der Waals surface area contributed by atoms with Crippen LogP contribution in [0.4, 0.5) is 24.8 Å². The van der Waals surface area contributed by atoms with Gasteiger partial charge in [0.05, 0.1) is 5.69 Å². The molecule has 1 fully saturated rings. The molecule has 1 aliphatic rings. The van der Waals surface area contributed by atoms with Crippen LogP contribution in [0.2, 0.25) is 0 Å². The van der Waals surface area contributed by atoms with Gasteiger partial charge >= 0.3 is 0 Å². The van der Waals surface area contributed by atoms with Crippen LogP contribution >= 0.6 is 0 Å². The minimum absolute atomic E-state index is 0.0733. The number of nitrogens with one attached hydrogen (secondary N) is 2. The molecule has 1 aliphatic carbocycles. The second-order valence-electron chi connectivity index (χ2n) is 5.31. The van der Waals surface area contributed by atoms with Gasteiger partial charge in [-0.25, -0.2) is 23.1 Å². The predicted molar refractivity (Wildman–Crippen MR) is 76.9 cm³/mol. The van der Waals surface area contributed by atoms with Crippen molar-refractivity contribution in [2.45, 2.75) is 25.8 Å². The summed E-state index contributed by atoms with van der Waals surface area (Å²) < 4.78 is 39.8. The van der Waals surface area contributed by atoms with Gasteiger partial charge in [0.1, 0.15) is 5.69 Å². The van der Waals surface area contributed by atoms with Crippen molar-refractivity contribution >= 4 is 17.5 Å². The normalized spacial score (nSPS) is 13.7. The fourth-order valence-electron chi connectivity index (χ4n) is 1.97. The molecule has 1 saturated carbocycles. The Hall–Kier alpha value is -2.64. The van der Waals surface area contributed by atoms with Gasteiger partial charge in [0.25, 0.3) is 5.91 Å². The molecule has 8 heteroatoms. The van der Waals surface area contributed by atoms with E-state index >= 15 is 0 Å². The van der Waals surface area contributed by atoms with E-state index in [4.69, 9.17) is 0 Å². The van der Waals surface area contributed by atoms with Gasteiger partial charge in [-0.05, 0) is 38.0 Å². The third kappa shape index (κ3) is 3.41. The second-order valence-corrected chi connectivity index (χ2v) is 5.31. The Balaban J connectivity index is 1.86. The van der Waals surface area contributed by atoms with E-state index in [2.05, 4.69) is 20.6 Å². The summed E-state index contributed by atoms with van der Waals surface area (Å²) in [5.74, 6) is -4.68. The molecule has 120 valence electrons. The summed E-state index contributed by atoms with van der Waals surface area (Å²) in [4.78, 5) is 20.0. The molecule has 1 amide bonds. The molecule has 0 radical (unpaired) electrons. The minimum Gasteiger partial charge on any atom is -0.348 e. The van der Waals surface area contributed by atoms with Crippen molar-refractivity contribution in [2.75, 3.05) is 5.32 Å². The first-order valence-corrected chi connectivity index (χ1v) is 7.01. The molecule has 3 rings (SSSR count). The lowest BCUT2D eigenvalue weighted by Gasteiger charge is -2.09. The summed E-state index contributed by atoms with van der Waals surface area (Å²) in [7, 11) is 0. The SMILES string of the molecule is Cc1cc(C(=O)NC2CC2)nc(Nc2ccc(F)c(F)c2F)n1. The van der Waals surface area contributed by atoms with Gasteiger partial charge in [-0.1, -0.05) is 0 Å². The maximum atomic E-state index is 13.7. The fourth-order valence-corrected chi connectivity index (χ4v) is 1.97. The van der Waals surface area contributed by atoms with E-state index in [1.165, 1.54) is 6.07 Å². The van der Waals surface area contributed by atoms with E-state index in [-0.39, 0.29) is 29.3 Å². The van der Waals surface area contributed by atoms with Crippen LogP contribution in [-0.4, -0.2) is 21.9 Å². The van der Waals surface area contributed by atoms with E-state index in [9.17, 15) is 18.0 Å². The van der Waals surface area contributed by atoms with E-state index < -0.39 is 17.5 Å². The van der Waals surface area contributed by atoms with Crippen molar-refractivity contribution in [3.05, 3.63) is 47.0 Å². The number of nitrogens with zero attached hydrogens (tertiary/aromatic N) is 2. The van der Waals surface area contributed by atoms with Gasteiger partial charge < -0.3 is 10.6 Å². The van der Waals surface area contributed by atoms with Crippen LogP contribution in [0.25, 0.3) is 0 Å². The first-order valence-electron chi connectivity index (χ1n) is 7.01. The van der Waals surface area contributed by atoms with Gasteiger partial charge in [-0.2, -0.15) is 0 Å². The number of carbonyl (C=O) groups is 1. The van der Waals surface area contributed by atoms with E-state index in [1.807, 2.05) is 0 Å². The molecule has 1 aromatic heterocycles. The van der Waals surface area contributed by atoms with E-state index in [1.54, 1.807) is 6.92 Å². The van der Waals surface area contributed by atoms with Crippen molar-refractivity contribution in [1.82, 2.24) is 15.3 Å². The van der Waals surface area contributed by atoms with E-state index in [0.717, 1.165) is 25.0 Å². The highest BCUT2D eigenvalue weighted by Crippen LogP contribution is 2.23. The number of rotatable bonds is 4. The maximum Gasteiger partial charge on any atom is 0.270 e. The number of hydrogen-bond acceptors (Lipinski definition) is 4. The molecule has 2 N–H and O–H groups in total. The lowest BCUT2D eigenvalue weighted by molar-refractivity contribution is 0.0946. The molecule has 2 aromatic rings. The summed E-state index contributed by atoms with van der Waals surface area (Å²) in [6.07, 6.45) is 1.86. The number of hydrogen-bond donors (Lipinski definition) is 2. The number of halogens is 3. The Morgan fingerprint density at radius 2 is 1.91 bits per heavy atom. The molecular weight excluding hydrogens is 309 g/mol. The van der Waals surface area contributed by atoms with Crippen LogP contribution < -0.4 is 10.6 Å². The summed E-state index contributed by atoms with van der Waals surface area (Å²) in [6.45, 7) is 1.64. The standard InChI is InChI=1S/C15H13F3N4O/c1-7-6-11(14(23)20-8-2-3-8)22-15(19-7)21-10-5-4-9(16)12(17)13(10)18/h4-6,8H,2-3H2,1H3,(H,20,23)(H,19,21,22). The van der Waals surface area contributed by atoms with Crippen LogP contribution in [0.5, 0.6) is 0 Å². The Labute approximate surface area is 130 Å². The molecule has 0 aliphatic heterocycles. The molecule has 5 nitrogen and oxygen atoms in total. The first-order chi connectivity index (χ1) is 10.9. The average molecular weight is 322 g/mol. The Kier molecular flexibility index (Phi) is 3.89. The first kappa shape index (κ1) is 15.3. The number of amides is 1. The highest BCUT2D eigenvalue weighted by molar-refractivity contribution is 5.93. The zero-order valence-corrected chi connectivity index (χ0v) is 12.2. The van der Waals surface area contributed by atoms with Crippen molar-refractivity contribution in [3.63, 3.8) is 0 Å². The molecule has 1 heterocycles. The molecule has 0 bridgehead atoms. The number of aryl methyl sites for hydroxylation is 1. The Bertz CT molecular complexity index is 778. The topological polar surface area (TPSA) is 66.9 Å². The van der Waals surface area contributed by atoms with Gasteiger partial charge in [-0.3, -0.25) is 4.79 Å². The third-order valence-corrected chi connectivity index (χ3v) is 3.28. The zero-order valence-electron chi connectivity index (χ0n) is 12.2. The lowest BCUT2D eigenvalue weighted by Crippen LogP contribution is -2.26. The molecule has 0 atom stereocenters.